The Labute approximate surface area is 92.3 Å². The van der Waals surface area contributed by atoms with E-state index in [4.69, 9.17) is 0 Å². The standard InChI is InChI=1S/C12H21N3/c1-4-13-9-11-7-8-14-12(15-11)6-5-10(2)3/h7-8,10,13H,4-6,9H2,1-3H3. The van der Waals surface area contributed by atoms with Crippen LogP contribution in [0.15, 0.2) is 12.3 Å². The van der Waals surface area contributed by atoms with Crippen molar-refractivity contribution in [2.45, 2.75) is 40.2 Å². The van der Waals surface area contributed by atoms with Crippen LogP contribution in [0.3, 0.4) is 0 Å². The van der Waals surface area contributed by atoms with Crippen LogP contribution in [0, 0.1) is 5.92 Å². The minimum atomic E-state index is 0.714. The van der Waals surface area contributed by atoms with E-state index in [1.165, 1.54) is 0 Å². The minimum Gasteiger partial charge on any atom is -0.311 e. The highest BCUT2D eigenvalue weighted by atomic mass is 14.9. The van der Waals surface area contributed by atoms with Gasteiger partial charge in [-0.3, -0.25) is 0 Å². The Bertz CT molecular complexity index is 284. The van der Waals surface area contributed by atoms with Crippen molar-refractivity contribution in [2.75, 3.05) is 6.54 Å². The molecule has 0 unspecified atom stereocenters. The number of hydrogen-bond donors (Lipinski definition) is 1. The molecule has 0 aromatic carbocycles. The Morgan fingerprint density at radius 3 is 2.87 bits per heavy atom. The lowest BCUT2D eigenvalue weighted by Crippen LogP contribution is -2.14. The predicted molar refractivity (Wildman–Crippen MR) is 62.6 cm³/mol. The third kappa shape index (κ3) is 4.88. The average Bonchev–Trinajstić information content (AvgIpc) is 2.24. The van der Waals surface area contributed by atoms with Gasteiger partial charge in [-0.05, 0) is 24.9 Å². The first kappa shape index (κ1) is 12.1. The van der Waals surface area contributed by atoms with Gasteiger partial charge >= 0.3 is 0 Å². The highest BCUT2D eigenvalue weighted by Crippen LogP contribution is 2.05. The fraction of sp³-hybridized carbons (Fsp3) is 0.667. The molecule has 0 amide bonds. The lowest BCUT2D eigenvalue weighted by atomic mass is 10.1. The Morgan fingerprint density at radius 2 is 2.20 bits per heavy atom. The van der Waals surface area contributed by atoms with E-state index in [0.717, 1.165) is 37.4 Å². The zero-order valence-corrected chi connectivity index (χ0v) is 9.95. The molecule has 0 saturated heterocycles. The zero-order valence-electron chi connectivity index (χ0n) is 9.95. The molecule has 0 fully saturated rings. The van der Waals surface area contributed by atoms with Crippen molar-refractivity contribution in [3.63, 3.8) is 0 Å². The second kappa shape index (κ2) is 6.51. The fourth-order valence-corrected chi connectivity index (χ4v) is 1.33. The van der Waals surface area contributed by atoms with Crippen LogP contribution < -0.4 is 5.32 Å². The average molecular weight is 207 g/mol. The first-order valence-electron chi connectivity index (χ1n) is 5.74. The van der Waals surface area contributed by atoms with E-state index in [-0.39, 0.29) is 0 Å². The van der Waals surface area contributed by atoms with E-state index in [1.54, 1.807) is 0 Å². The van der Waals surface area contributed by atoms with Gasteiger partial charge in [0.05, 0.1) is 5.69 Å². The molecule has 0 aliphatic rings. The van der Waals surface area contributed by atoms with Gasteiger partial charge < -0.3 is 5.32 Å². The highest BCUT2D eigenvalue weighted by molar-refractivity contribution is 5.02. The van der Waals surface area contributed by atoms with Gasteiger partial charge in [-0.1, -0.05) is 20.8 Å². The SMILES string of the molecule is CCNCc1ccnc(CCC(C)C)n1. The van der Waals surface area contributed by atoms with Crippen LogP contribution in [0.2, 0.25) is 0 Å². The van der Waals surface area contributed by atoms with Crippen molar-refractivity contribution in [3.8, 4) is 0 Å². The summed E-state index contributed by atoms with van der Waals surface area (Å²) < 4.78 is 0. The van der Waals surface area contributed by atoms with Crippen LogP contribution >= 0.6 is 0 Å². The number of aryl methyl sites for hydroxylation is 1. The number of rotatable bonds is 6. The van der Waals surface area contributed by atoms with Crippen LogP contribution in [-0.4, -0.2) is 16.5 Å². The summed E-state index contributed by atoms with van der Waals surface area (Å²) in [5.74, 6) is 1.69. The molecule has 0 radical (unpaired) electrons. The summed E-state index contributed by atoms with van der Waals surface area (Å²) >= 11 is 0. The molecule has 1 heterocycles. The smallest absolute Gasteiger partial charge is 0.128 e. The number of nitrogens with zero attached hydrogens (tertiary/aromatic N) is 2. The number of hydrogen-bond acceptors (Lipinski definition) is 3. The molecular weight excluding hydrogens is 186 g/mol. The quantitative estimate of drug-likeness (QED) is 0.777. The summed E-state index contributed by atoms with van der Waals surface area (Å²) in [6.07, 6.45) is 4.00. The molecule has 0 saturated carbocycles. The molecule has 1 aromatic heterocycles. The lowest BCUT2D eigenvalue weighted by Gasteiger charge is -2.05. The summed E-state index contributed by atoms with van der Waals surface area (Å²) in [4.78, 5) is 8.79. The van der Waals surface area contributed by atoms with Crippen molar-refractivity contribution >= 4 is 0 Å². The maximum Gasteiger partial charge on any atom is 0.128 e. The zero-order chi connectivity index (χ0) is 11.1. The molecule has 15 heavy (non-hydrogen) atoms. The first-order chi connectivity index (χ1) is 7.22. The molecule has 0 atom stereocenters. The maximum atomic E-state index is 4.51. The van der Waals surface area contributed by atoms with Crippen molar-refractivity contribution in [1.29, 1.82) is 0 Å². The summed E-state index contributed by atoms with van der Waals surface area (Å²) in [5.41, 5.74) is 1.09. The van der Waals surface area contributed by atoms with Crippen LogP contribution in [-0.2, 0) is 13.0 Å². The highest BCUT2D eigenvalue weighted by Gasteiger charge is 2.01. The molecule has 1 rings (SSSR count). The van der Waals surface area contributed by atoms with Crippen LogP contribution in [0.25, 0.3) is 0 Å². The molecule has 0 aliphatic heterocycles. The van der Waals surface area contributed by atoms with Gasteiger partial charge in [0.2, 0.25) is 0 Å². The third-order valence-electron chi connectivity index (χ3n) is 2.26. The van der Waals surface area contributed by atoms with E-state index in [2.05, 4.69) is 36.1 Å². The van der Waals surface area contributed by atoms with E-state index < -0.39 is 0 Å². The van der Waals surface area contributed by atoms with Crippen molar-refractivity contribution in [1.82, 2.24) is 15.3 Å². The molecule has 0 spiro atoms. The van der Waals surface area contributed by atoms with E-state index in [1.807, 2.05) is 12.3 Å². The van der Waals surface area contributed by atoms with Gasteiger partial charge in [-0.25, -0.2) is 9.97 Å². The third-order valence-corrected chi connectivity index (χ3v) is 2.26. The molecule has 1 N–H and O–H groups in total. The van der Waals surface area contributed by atoms with E-state index in [9.17, 15) is 0 Å². The summed E-state index contributed by atoms with van der Waals surface area (Å²) in [6.45, 7) is 8.37. The van der Waals surface area contributed by atoms with Gasteiger partial charge in [0.15, 0.2) is 0 Å². The second-order valence-corrected chi connectivity index (χ2v) is 4.18. The first-order valence-corrected chi connectivity index (χ1v) is 5.74. The Kier molecular flexibility index (Phi) is 5.26. The summed E-state index contributed by atoms with van der Waals surface area (Å²) in [5, 5.41) is 3.27. The van der Waals surface area contributed by atoms with Crippen LogP contribution in [0.1, 0.15) is 38.7 Å². The molecule has 3 nitrogen and oxygen atoms in total. The normalized spacial score (nSPS) is 10.9. The maximum absolute atomic E-state index is 4.51. The molecule has 0 aliphatic carbocycles. The summed E-state index contributed by atoms with van der Waals surface area (Å²) in [6, 6.07) is 1.97. The Morgan fingerprint density at radius 1 is 1.40 bits per heavy atom. The van der Waals surface area contributed by atoms with Crippen molar-refractivity contribution < 1.29 is 0 Å². The van der Waals surface area contributed by atoms with E-state index in [0.29, 0.717) is 5.92 Å². The van der Waals surface area contributed by atoms with Gasteiger partial charge in [-0.2, -0.15) is 0 Å². The molecule has 84 valence electrons. The topological polar surface area (TPSA) is 37.8 Å². The van der Waals surface area contributed by atoms with Crippen LogP contribution in [0.5, 0.6) is 0 Å². The minimum absolute atomic E-state index is 0.714. The lowest BCUT2D eigenvalue weighted by molar-refractivity contribution is 0.572. The van der Waals surface area contributed by atoms with Crippen LogP contribution in [0.4, 0.5) is 0 Å². The Hall–Kier alpha value is -0.960. The van der Waals surface area contributed by atoms with Crippen molar-refractivity contribution in [2.24, 2.45) is 5.92 Å². The number of nitrogens with one attached hydrogen (secondary N) is 1. The predicted octanol–water partition coefficient (Wildman–Crippen LogP) is 2.17. The second-order valence-electron chi connectivity index (χ2n) is 4.18. The monoisotopic (exact) mass is 207 g/mol. The largest absolute Gasteiger partial charge is 0.311 e. The molecule has 3 heteroatoms. The van der Waals surface area contributed by atoms with Gasteiger partial charge in [0.1, 0.15) is 5.82 Å². The van der Waals surface area contributed by atoms with E-state index >= 15 is 0 Å². The fourth-order valence-electron chi connectivity index (χ4n) is 1.33. The number of aromatic nitrogens is 2. The van der Waals surface area contributed by atoms with Gasteiger partial charge in [-0.15, -0.1) is 0 Å². The molecule has 0 bridgehead atoms. The van der Waals surface area contributed by atoms with Crippen molar-refractivity contribution in [3.05, 3.63) is 23.8 Å². The van der Waals surface area contributed by atoms with Gasteiger partial charge in [0.25, 0.3) is 0 Å². The molecule has 1 aromatic rings. The Balaban J connectivity index is 2.50. The molecular formula is C12H21N3. The van der Waals surface area contributed by atoms with Gasteiger partial charge in [0, 0.05) is 19.2 Å². The summed E-state index contributed by atoms with van der Waals surface area (Å²) in [7, 11) is 0.